The van der Waals surface area contributed by atoms with Gasteiger partial charge in [0.25, 0.3) is 0 Å². The van der Waals surface area contributed by atoms with Gasteiger partial charge in [-0.1, -0.05) is 23.5 Å². The van der Waals surface area contributed by atoms with Crippen molar-refractivity contribution in [3.05, 3.63) is 34.3 Å². The van der Waals surface area contributed by atoms with Crippen LogP contribution < -0.4 is 5.32 Å². The van der Waals surface area contributed by atoms with Crippen molar-refractivity contribution in [2.24, 2.45) is 0 Å². The average Bonchev–Trinajstić information content (AvgIpc) is 3.08. The second kappa shape index (κ2) is 4.78. The highest BCUT2D eigenvalue weighted by atomic mass is 32.1. The highest BCUT2D eigenvalue weighted by Gasteiger charge is 2.20. The Labute approximate surface area is 111 Å². The van der Waals surface area contributed by atoms with Crippen LogP contribution >= 0.6 is 11.3 Å². The first-order valence-electron chi connectivity index (χ1n) is 6.36. The Morgan fingerprint density at radius 3 is 2.78 bits per heavy atom. The zero-order chi connectivity index (χ0) is 12.5. The van der Waals surface area contributed by atoms with Gasteiger partial charge in [-0.3, -0.25) is 0 Å². The highest BCUT2D eigenvalue weighted by Crippen LogP contribution is 2.26. The first-order valence-corrected chi connectivity index (χ1v) is 7.17. The molecular formula is C14H17N3S. The van der Waals surface area contributed by atoms with Gasteiger partial charge in [0.15, 0.2) is 0 Å². The lowest BCUT2D eigenvalue weighted by atomic mass is 10.1. The van der Waals surface area contributed by atoms with Crippen LogP contribution in [0.4, 0.5) is 0 Å². The van der Waals surface area contributed by atoms with Gasteiger partial charge in [-0.2, -0.15) is 0 Å². The van der Waals surface area contributed by atoms with Crippen molar-refractivity contribution >= 4 is 11.3 Å². The summed E-state index contributed by atoms with van der Waals surface area (Å²) in [6.45, 7) is 5.12. The minimum Gasteiger partial charge on any atom is -0.308 e. The van der Waals surface area contributed by atoms with Crippen LogP contribution in [0.25, 0.3) is 10.6 Å². The molecule has 1 N–H and O–H groups in total. The molecule has 0 bridgehead atoms. The summed E-state index contributed by atoms with van der Waals surface area (Å²) in [4.78, 5) is 0. The lowest BCUT2D eigenvalue weighted by molar-refractivity contribution is 0.679. The lowest BCUT2D eigenvalue weighted by Gasteiger charge is -2.01. The molecule has 1 aliphatic carbocycles. The summed E-state index contributed by atoms with van der Waals surface area (Å²) in [5.74, 6) is 0. The summed E-state index contributed by atoms with van der Waals surface area (Å²) in [6, 6.07) is 7.18. The van der Waals surface area contributed by atoms with Crippen molar-refractivity contribution in [2.45, 2.75) is 39.3 Å². The Balaban J connectivity index is 1.76. The number of hydrogen-bond acceptors (Lipinski definition) is 4. The smallest absolute Gasteiger partial charge is 0.147 e. The topological polar surface area (TPSA) is 37.8 Å². The van der Waals surface area contributed by atoms with Gasteiger partial charge in [0.2, 0.25) is 0 Å². The molecule has 0 amide bonds. The van der Waals surface area contributed by atoms with E-state index in [1.807, 2.05) is 0 Å². The quantitative estimate of drug-likeness (QED) is 0.917. The maximum atomic E-state index is 4.28. The van der Waals surface area contributed by atoms with E-state index >= 15 is 0 Å². The molecule has 0 spiro atoms. The second-order valence-corrected chi connectivity index (χ2v) is 6.02. The van der Waals surface area contributed by atoms with Crippen molar-refractivity contribution < 1.29 is 0 Å². The number of aryl methyl sites for hydroxylation is 2. The van der Waals surface area contributed by atoms with E-state index in [1.54, 1.807) is 11.3 Å². The van der Waals surface area contributed by atoms with Crippen LogP contribution in [0.2, 0.25) is 0 Å². The number of hydrogen-bond donors (Lipinski definition) is 1. The Bertz CT molecular complexity index is 558. The third-order valence-electron chi connectivity index (χ3n) is 3.34. The third-order valence-corrected chi connectivity index (χ3v) is 4.31. The molecule has 0 atom stereocenters. The minimum absolute atomic E-state index is 0.721. The van der Waals surface area contributed by atoms with E-state index in [-0.39, 0.29) is 0 Å². The Morgan fingerprint density at radius 1 is 1.22 bits per heavy atom. The third kappa shape index (κ3) is 2.60. The van der Waals surface area contributed by atoms with Crippen molar-refractivity contribution in [3.8, 4) is 10.6 Å². The van der Waals surface area contributed by atoms with Crippen LogP contribution in [0.15, 0.2) is 18.2 Å². The molecule has 1 fully saturated rings. The maximum absolute atomic E-state index is 4.28. The van der Waals surface area contributed by atoms with E-state index in [2.05, 4.69) is 47.6 Å². The Morgan fingerprint density at radius 2 is 2.06 bits per heavy atom. The predicted molar refractivity (Wildman–Crippen MR) is 74.7 cm³/mol. The molecule has 3 nitrogen and oxygen atoms in total. The van der Waals surface area contributed by atoms with Gasteiger partial charge in [-0.25, -0.2) is 0 Å². The molecule has 0 unspecified atom stereocenters. The molecule has 4 heteroatoms. The fourth-order valence-electron chi connectivity index (χ4n) is 1.84. The van der Waals surface area contributed by atoms with Crippen LogP contribution in [0, 0.1) is 13.8 Å². The molecule has 1 aromatic carbocycles. The molecule has 2 aromatic rings. The van der Waals surface area contributed by atoms with Gasteiger partial charge in [-0.05, 0) is 43.9 Å². The fourth-order valence-corrected chi connectivity index (χ4v) is 2.62. The average molecular weight is 259 g/mol. The van der Waals surface area contributed by atoms with Gasteiger partial charge in [0.05, 0.1) is 0 Å². The SMILES string of the molecule is Cc1ccc(-c2nnc(CNC3CC3)s2)cc1C. The van der Waals surface area contributed by atoms with E-state index in [0.29, 0.717) is 0 Å². The number of nitrogens with one attached hydrogen (secondary N) is 1. The number of rotatable bonds is 4. The van der Waals surface area contributed by atoms with Crippen molar-refractivity contribution in [2.75, 3.05) is 0 Å². The highest BCUT2D eigenvalue weighted by molar-refractivity contribution is 7.14. The molecule has 0 aliphatic heterocycles. The fraction of sp³-hybridized carbons (Fsp3) is 0.429. The Kier molecular flexibility index (Phi) is 3.14. The molecule has 0 radical (unpaired) electrons. The molecular weight excluding hydrogens is 242 g/mol. The number of nitrogens with zero attached hydrogens (tertiary/aromatic N) is 2. The van der Waals surface area contributed by atoms with Crippen LogP contribution in [-0.2, 0) is 6.54 Å². The number of benzene rings is 1. The summed E-state index contributed by atoms with van der Waals surface area (Å²) in [7, 11) is 0. The van der Waals surface area contributed by atoms with E-state index in [9.17, 15) is 0 Å². The van der Waals surface area contributed by atoms with Crippen molar-refractivity contribution in [1.82, 2.24) is 15.5 Å². The van der Waals surface area contributed by atoms with Crippen LogP contribution in [0.5, 0.6) is 0 Å². The van der Waals surface area contributed by atoms with Crippen LogP contribution in [0.3, 0.4) is 0 Å². The molecule has 1 heterocycles. The van der Waals surface area contributed by atoms with Crippen LogP contribution in [-0.4, -0.2) is 16.2 Å². The van der Waals surface area contributed by atoms with Gasteiger partial charge < -0.3 is 5.32 Å². The molecule has 1 aliphatic rings. The second-order valence-electron chi connectivity index (χ2n) is 4.96. The van der Waals surface area contributed by atoms with Gasteiger partial charge in [-0.15, -0.1) is 10.2 Å². The van der Waals surface area contributed by atoms with Crippen molar-refractivity contribution in [3.63, 3.8) is 0 Å². The van der Waals surface area contributed by atoms with E-state index in [1.165, 1.54) is 29.5 Å². The van der Waals surface area contributed by atoms with E-state index < -0.39 is 0 Å². The molecule has 1 saturated carbocycles. The summed E-state index contributed by atoms with van der Waals surface area (Å²) < 4.78 is 0. The first-order chi connectivity index (χ1) is 8.72. The standard InChI is InChI=1S/C14H17N3S/c1-9-3-4-11(7-10(9)2)14-17-16-13(18-14)8-15-12-5-6-12/h3-4,7,12,15H,5-6,8H2,1-2H3. The Hall–Kier alpha value is -1.26. The molecule has 94 valence electrons. The van der Waals surface area contributed by atoms with E-state index in [0.717, 1.165) is 22.6 Å². The summed E-state index contributed by atoms with van der Waals surface area (Å²) >= 11 is 1.69. The lowest BCUT2D eigenvalue weighted by Crippen LogP contribution is -2.14. The molecule has 1 aromatic heterocycles. The summed E-state index contributed by atoms with van der Waals surface area (Å²) in [5.41, 5.74) is 3.80. The summed E-state index contributed by atoms with van der Waals surface area (Å²) in [5, 5.41) is 14.1. The minimum atomic E-state index is 0.721. The maximum Gasteiger partial charge on any atom is 0.147 e. The van der Waals surface area contributed by atoms with Gasteiger partial charge in [0, 0.05) is 18.2 Å². The summed E-state index contributed by atoms with van der Waals surface area (Å²) in [6.07, 6.45) is 2.62. The molecule has 18 heavy (non-hydrogen) atoms. The first kappa shape index (κ1) is 11.8. The predicted octanol–water partition coefficient (Wildman–Crippen LogP) is 3.07. The zero-order valence-electron chi connectivity index (χ0n) is 10.7. The number of aromatic nitrogens is 2. The van der Waals surface area contributed by atoms with Gasteiger partial charge >= 0.3 is 0 Å². The normalized spacial score (nSPS) is 15.0. The van der Waals surface area contributed by atoms with Crippen LogP contribution in [0.1, 0.15) is 29.0 Å². The monoisotopic (exact) mass is 259 g/mol. The van der Waals surface area contributed by atoms with Gasteiger partial charge in [0.1, 0.15) is 10.0 Å². The molecule has 0 saturated heterocycles. The molecule has 3 rings (SSSR count). The zero-order valence-corrected chi connectivity index (χ0v) is 11.5. The van der Waals surface area contributed by atoms with Crippen molar-refractivity contribution in [1.29, 1.82) is 0 Å². The largest absolute Gasteiger partial charge is 0.308 e. The van der Waals surface area contributed by atoms with E-state index in [4.69, 9.17) is 0 Å².